The second kappa shape index (κ2) is 4.89. The molecule has 3 nitrogen and oxygen atoms in total. The van der Waals surface area contributed by atoms with Crippen LogP contribution in [-0.4, -0.2) is 15.8 Å². The Labute approximate surface area is 118 Å². The molecule has 0 fully saturated rings. The summed E-state index contributed by atoms with van der Waals surface area (Å²) in [6, 6.07) is 8.90. The first kappa shape index (κ1) is 12.5. The van der Waals surface area contributed by atoms with Gasteiger partial charge in [0.15, 0.2) is 0 Å². The summed E-state index contributed by atoms with van der Waals surface area (Å²) < 4.78 is 2.02. The number of rotatable bonds is 3. The van der Waals surface area contributed by atoms with Crippen molar-refractivity contribution in [2.45, 2.75) is 39.3 Å². The fourth-order valence-corrected chi connectivity index (χ4v) is 3.01. The Balaban J connectivity index is 1.81. The highest BCUT2D eigenvalue weighted by Crippen LogP contribution is 2.29. The Morgan fingerprint density at radius 2 is 2.21 bits per heavy atom. The highest BCUT2D eigenvalue weighted by Gasteiger charge is 2.23. The number of aryl methyl sites for hydroxylation is 2. The Morgan fingerprint density at radius 3 is 2.95 bits per heavy atom. The molecule has 0 spiro atoms. The summed E-state index contributed by atoms with van der Waals surface area (Å²) in [5, 5.41) is 8.87. The predicted molar refractivity (Wildman–Crippen MR) is 78.9 cm³/mol. The van der Waals surface area contributed by atoms with E-state index >= 15 is 0 Å². The van der Waals surface area contributed by atoms with Gasteiger partial charge in [-0.3, -0.25) is 4.68 Å². The zero-order chi connectivity index (χ0) is 13.4. The van der Waals surface area contributed by atoms with Crippen LogP contribution in [0.15, 0.2) is 24.3 Å². The zero-order valence-corrected chi connectivity index (χ0v) is 12.0. The molecule has 0 bridgehead atoms. The fraction of sp³-hybridized carbons (Fsp3) is 0.400. The van der Waals surface area contributed by atoms with Gasteiger partial charge in [0.1, 0.15) is 0 Å². The molecule has 1 aliphatic rings. The lowest BCUT2D eigenvalue weighted by Gasteiger charge is -2.12. The molecule has 19 heavy (non-hydrogen) atoms. The van der Waals surface area contributed by atoms with E-state index < -0.39 is 0 Å². The van der Waals surface area contributed by atoms with E-state index in [2.05, 4.69) is 41.6 Å². The van der Waals surface area contributed by atoms with Gasteiger partial charge < -0.3 is 5.32 Å². The summed E-state index contributed by atoms with van der Waals surface area (Å²) in [6.45, 7) is 4.93. The molecule has 2 aromatic rings. The average Bonchev–Trinajstić information content (AvgIpc) is 2.94. The van der Waals surface area contributed by atoms with Crippen LogP contribution in [0.3, 0.4) is 0 Å². The van der Waals surface area contributed by atoms with Gasteiger partial charge in [0.25, 0.3) is 0 Å². The number of halogens is 1. The molecule has 0 saturated carbocycles. The van der Waals surface area contributed by atoms with Crippen LogP contribution in [0.1, 0.15) is 23.9 Å². The quantitative estimate of drug-likeness (QED) is 0.930. The molecule has 1 unspecified atom stereocenters. The molecule has 4 heteroatoms. The van der Waals surface area contributed by atoms with E-state index in [1.807, 2.05) is 11.6 Å². The third-order valence-electron chi connectivity index (χ3n) is 3.74. The van der Waals surface area contributed by atoms with Crippen LogP contribution >= 0.6 is 11.6 Å². The summed E-state index contributed by atoms with van der Waals surface area (Å²) >= 11 is 6.37. The molecule has 1 aromatic heterocycles. The van der Waals surface area contributed by atoms with Crippen molar-refractivity contribution in [3.63, 3.8) is 0 Å². The van der Waals surface area contributed by atoms with Gasteiger partial charge in [-0.05, 0) is 31.9 Å². The monoisotopic (exact) mass is 275 g/mol. The van der Waals surface area contributed by atoms with Gasteiger partial charge in [0.05, 0.1) is 16.4 Å². The average molecular weight is 276 g/mol. The Morgan fingerprint density at radius 1 is 1.42 bits per heavy atom. The van der Waals surface area contributed by atoms with Gasteiger partial charge in [-0.1, -0.05) is 29.8 Å². The van der Waals surface area contributed by atoms with Crippen LogP contribution in [0.25, 0.3) is 0 Å². The van der Waals surface area contributed by atoms with Gasteiger partial charge in [0, 0.05) is 24.7 Å². The predicted octanol–water partition coefficient (Wildman–Crippen LogP) is 3.44. The van der Waals surface area contributed by atoms with Crippen molar-refractivity contribution < 1.29 is 0 Å². The zero-order valence-electron chi connectivity index (χ0n) is 11.3. The highest BCUT2D eigenvalue weighted by molar-refractivity contribution is 6.31. The number of aromatic nitrogens is 2. The summed E-state index contributed by atoms with van der Waals surface area (Å²) in [5.41, 5.74) is 4.71. The van der Waals surface area contributed by atoms with Gasteiger partial charge in [-0.25, -0.2) is 0 Å². The minimum absolute atomic E-state index is 0.413. The molecule has 0 saturated heterocycles. The van der Waals surface area contributed by atoms with E-state index in [0.717, 1.165) is 35.8 Å². The molecule has 1 aliphatic heterocycles. The van der Waals surface area contributed by atoms with Gasteiger partial charge >= 0.3 is 0 Å². The first-order valence-corrected chi connectivity index (χ1v) is 7.13. The lowest BCUT2D eigenvalue weighted by molar-refractivity contribution is 0.594. The van der Waals surface area contributed by atoms with Crippen LogP contribution in [-0.2, 0) is 19.4 Å². The van der Waals surface area contributed by atoms with Crippen LogP contribution in [0.2, 0.25) is 5.02 Å². The van der Waals surface area contributed by atoms with Crippen LogP contribution in [0.5, 0.6) is 0 Å². The number of hydrogen-bond donors (Lipinski definition) is 1. The summed E-state index contributed by atoms with van der Waals surface area (Å²) in [6.07, 6.45) is 1.97. The SMILES string of the molecule is CCn1nc(C)c(Cl)c1CC1Cc2ccccc2N1. The highest BCUT2D eigenvalue weighted by atomic mass is 35.5. The van der Waals surface area contributed by atoms with Crippen molar-refractivity contribution in [2.24, 2.45) is 0 Å². The maximum absolute atomic E-state index is 6.37. The number of hydrogen-bond acceptors (Lipinski definition) is 2. The largest absolute Gasteiger partial charge is 0.381 e. The number of anilines is 1. The number of benzene rings is 1. The van der Waals surface area contributed by atoms with Crippen molar-refractivity contribution in [2.75, 3.05) is 5.32 Å². The summed E-state index contributed by atoms with van der Waals surface area (Å²) in [4.78, 5) is 0. The third kappa shape index (κ3) is 2.23. The van der Waals surface area contributed by atoms with Crippen molar-refractivity contribution in [1.82, 2.24) is 9.78 Å². The van der Waals surface area contributed by atoms with Gasteiger partial charge in [-0.15, -0.1) is 0 Å². The summed E-state index contributed by atoms with van der Waals surface area (Å²) in [5.74, 6) is 0. The van der Waals surface area contributed by atoms with Gasteiger partial charge in [0.2, 0.25) is 0 Å². The van der Waals surface area contributed by atoms with E-state index in [1.165, 1.54) is 11.3 Å². The smallest absolute Gasteiger partial charge is 0.0847 e. The number of para-hydroxylation sites is 1. The molecule has 0 aliphatic carbocycles. The molecule has 0 radical (unpaired) electrons. The van der Waals surface area contributed by atoms with Crippen molar-refractivity contribution in [3.8, 4) is 0 Å². The molecule has 0 amide bonds. The van der Waals surface area contributed by atoms with E-state index in [4.69, 9.17) is 11.6 Å². The summed E-state index contributed by atoms with van der Waals surface area (Å²) in [7, 11) is 0. The minimum Gasteiger partial charge on any atom is -0.381 e. The fourth-order valence-electron chi connectivity index (χ4n) is 2.80. The van der Waals surface area contributed by atoms with E-state index in [-0.39, 0.29) is 0 Å². The molecular formula is C15H18ClN3. The molecular weight excluding hydrogens is 258 g/mol. The Hall–Kier alpha value is -1.48. The van der Waals surface area contributed by atoms with Crippen molar-refractivity contribution >= 4 is 17.3 Å². The van der Waals surface area contributed by atoms with Crippen molar-refractivity contribution in [3.05, 3.63) is 46.2 Å². The molecule has 100 valence electrons. The topological polar surface area (TPSA) is 29.9 Å². The molecule has 1 atom stereocenters. The second-order valence-corrected chi connectivity index (χ2v) is 5.45. The van der Waals surface area contributed by atoms with E-state index in [9.17, 15) is 0 Å². The lowest BCUT2D eigenvalue weighted by Crippen LogP contribution is -2.20. The first-order chi connectivity index (χ1) is 9.19. The molecule has 1 aromatic carbocycles. The molecule has 1 N–H and O–H groups in total. The number of fused-ring (bicyclic) bond motifs is 1. The van der Waals surface area contributed by atoms with E-state index in [1.54, 1.807) is 0 Å². The van der Waals surface area contributed by atoms with Crippen LogP contribution in [0, 0.1) is 6.92 Å². The van der Waals surface area contributed by atoms with Gasteiger partial charge in [-0.2, -0.15) is 5.10 Å². The standard InChI is InChI=1S/C15H18ClN3/c1-3-19-14(15(16)10(2)18-19)9-12-8-11-6-4-5-7-13(11)17-12/h4-7,12,17H,3,8-9H2,1-2H3. The lowest BCUT2D eigenvalue weighted by atomic mass is 10.1. The van der Waals surface area contributed by atoms with Crippen molar-refractivity contribution in [1.29, 1.82) is 0 Å². The Bertz CT molecular complexity index is 578. The number of nitrogens with one attached hydrogen (secondary N) is 1. The third-order valence-corrected chi connectivity index (χ3v) is 4.23. The Kier molecular flexibility index (Phi) is 3.23. The van der Waals surface area contributed by atoms with Crippen LogP contribution < -0.4 is 5.32 Å². The first-order valence-electron chi connectivity index (χ1n) is 6.75. The molecule has 2 heterocycles. The van der Waals surface area contributed by atoms with Crippen LogP contribution in [0.4, 0.5) is 5.69 Å². The number of nitrogens with zero attached hydrogens (tertiary/aromatic N) is 2. The van der Waals surface area contributed by atoms with E-state index in [0.29, 0.717) is 6.04 Å². The normalized spacial score (nSPS) is 17.3. The maximum atomic E-state index is 6.37. The maximum Gasteiger partial charge on any atom is 0.0847 e. The molecule has 3 rings (SSSR count). The minimum atomic E-state index is 0.413. The second-order valence-electron chi connectivity index (χ2n) is 5.07.